The third-order valence-corrected chi connectivity index (χ3v) is 6.00. The predicted molar refractivity (Wildman–Crippen MR) is 107 cm³/mol. The molecule has 0 aliphatic carbocycles. The monoisotopic (exact) mass is 407 g/mol. The van der Waals surface area contributed by atoms with Gasteiger partial charge in [0.05, 0.1) is 23.1 Å². The van der Waals surface area contributed by atoms with Crippen LogP contribution in [-0.4, -0.2) is 22.7 Å². The maximum atomic E-state index is 12.2. The highest BCUT2D eigenvalue weighted by molar-refractivity contribution is 7.85. The van der Waals surface area contributed by atoms with Crippen LogP contribution in [0.3, 0.4) is 0 Å². The van der Waals surface area contributed by atoms with E-state index in [0.717, 1.165) is 23.3 Å². The fourth-order valence-electron chi connectivity index (χ4n) is 2.89. The standard InChI is InChI=1S/C20H22ClNO4S/c1-20(2)17-10-7-15(13-18(17)22-19(23)26-20)25-11-3-4-12-27(24)16-8-5-14(21)6-9-16/h5-10,13H,3-4,11-12H2,1-2H3,(H,22,23). The van der Waals surface area contributed by atoms with Gasteiger partial charge >= 0.3 is 6.09 Å². The lowest BCUT2D eigenvalue weighted by molar-refractivity contribution is 0.0420. The molecule has 1 unspecified atom stereocenters. The zero-order valence-electron chi connectivity index (χ0n) is 15.3. The number of nitrogens with one attached hydrogen (secondary N) is 1. The Morgan fingerprint density at radius 2 is 1.89 bits per heavy atom. The molecular weight excluding hydrogens is 386 g/mol. The van der Waals surface area contributed by atoms with Crippen LogP contribution < -0.4 is 10.1 Å². The third kappa shape index (κ3) is 5.02. The largest absolute Gasteiger partial charge is 0.494 e. The highest BCUT2D eigenvalue weighted by atomic mass is 35.5. The van der Waals surface area contributed by atoms with Crippen molar-refractivity contribution in [3.63, 3.8) is 0 Å². The third-order valence-electron chi connectivity index (χ3n) is 4.29. The van der Waals surface area contributed by atoms with Crippen molar-refractivity contribution in [2.45, 2.75) is 37.2 Å². The molecule has 5 nitrogen and oxygen atoms in total. The number of benzene rings is 2. The highest BCUT2D eigenvalue weighted by Crippen LogP contribution is 2.37. The van der Waals surface area contributed by atoms with Crippen LogP contribution in [0.4, 0.5) is 10.5 Å². The second kappa shape index (κ2) is 8.31. The van der Waals surface area contributed by atoms with Crippen molar-refractivity contribution >= 4 is 34.2 Å². The summed E-state index contributed by atoms with van der Waals surface area (Å²) >= 11 is 5.84. The Morgan fingerprint density at radius 3 is 2.63 bits per heavy atom. The molecule has 1 atom stereocenters. The molecular formula is C20H22ClNO4S. The van der Waals surface area contributed by atoms with Gasteiger partial charge in [-0.05, 0) is 63.1 Å². The van der Waals surface area contributed by atoms with Gasteiger partial charge in [-0.15, -0.1) is 0 Å². The SMILES string of the molecule is CC1(C)OC(=O)Nc2cc(OCCCCS(=O)c3ccc(Cl)cc3)ccc21. The summed E-state index contributed by atoms with van der Waals surface area (Å²) in [4.78, 5) is 12.4. The smallest absolute Gasteiger partial charge is 0.412 e. The fourth-order valence-corrected chi connectivity index (χ4v) is 4.16. The summed E-state index contributed by atoms with van der Waals surface area (Å²) in [6, 6.07) is 12.7. The van der Waals surface area contributed by atoms with Crippen molar-refractivity contribution in [2.24, 2.45) is 0 Å². The molecule has 0 fully saturated rings. The first kappa shape index (κ1) is 19.7. The van der Waals surface area contributed by atoms with E-state index in [9.17, 15) is 9.00 Å². The summed E-state index contributed by atoms with van der Waals surface area (Å²) in [6.07, 6.45) is 1.11. The molecule has 2 aromatic carbocycles. The van der Waals surface area contributed by atoms with E-state index in [0.29, 0.717) is 28.8 Å². The van der Waals surface area contributed by atoms with Gasteiger partial charge in [0.2, 0.25) is 0 Å². The molecule has 2 aromatic rings. The van der Waals surface area contributed by atoms with Gasteiger partial charge in [0.25, 0.3) is 0 Å². The normalized spacial score (nSPS) is 16.0. The number of unbranched alkanes of at least 4 members (excludes halogenated alkanes) is 1. The Morgan fingerprint density at radius 1 is 1.15 bits per heavy atom. The molecule has 0 aromatic heterocycles. The molecule has 0 saturated carbocycles. The lowest BCUT2D eigenvalue weighted by Gasteiger charge is -2.32. The van der Waals surface area contributed by atoms with Gasteiger partial charge in [0.1, 0.15) is 11.4 Å². The lowest BCUT2D eigenvalue weighted by atomic mass is 9.95. The van der Waals surface area contributed by atoms with E-state index in [1.165, 1.54) is 0 Å². The van der Waals surface area contributed by atoms with Crippen LogP contribution in [0.2, 0.25) is 5.02 Å². The van der Waals surface area contributed by atoms with E-state index in [4.69, 9.17) is 21.1 Å². The minimum absolute atomic E-state index is 0.464. The van der Waals surface area contributed by atoms with Crippen molar-refractivity contribution in [1.82, 2.24) is 0 Å². The first-order chi connectivity index (χ1) is 12.8. The summed E-state index contributed by atoms with van der Waals surface area (Å²) in [7, 11) is -1.03. The molecule has 0 spiro atoms. The Labute approximate surface area is 166 Å². The van der Waals surface area contributed by atoms with E-state index in [2.05, 4.69) is 5.32 Å². The molecule has 27 heavy (non-hydrogen) atoms. The number of carbonyl (C=O) groups is 1. The van der Waals surface area contributed by atoms with Crippen LogP contribution in [0, 0.1) is 0 Å². The average molecular weight is 408 g/mol. The average Bonchev–Trinajstić information content (AvgIpc) is 2.60. The topological polar surface area (TPSA) is 64.6 Å². The van der Waals surface area contributed by atoms with Gasteiger partial charge in [-0.2, -0.15) is 0 Å². The Bertz CT molecular complexity index is 852. The number of anilines is 1. The first-order valence-corrected chi connectivity index (χ1v) is 10.5. The number of fused-ring (bicyclic) bond motifs is 1. The lowest BCUT2D eigenvalue weighted by Crippen LogP contribution is -2.34. The summed E-state index contributed by atoms with van der Waals surface area (Å²) < 4.78 is 23.3. The van der Waals surface area contributed by atoms with Crippen LogP contribution >= 0.6 is 11.6 Å². The second-order valence-electron chi connectivity index (χ2n) is 6.79. The van der Waals surface area contributed by atoms with Crippen LogP contribution in [0.25, 0.3) is 0 Å². The number of hydrogen-bond acceptors (Lipinski definition) is 4. The maximum Gasteiger partial charge on any atom is 0.412 e. The molecule has 3 rings (SSSR count). The van der Waals surface area contributed by atoms with Crippen molar-refractivity contribution in [3.8, 4) is 5.75 Å². The highest BCUT2D eigenvalue weighted by Gasteiger charge is 2.33. The van der Waals surface area contributed by atoms with Gasteiger partial charge in [-0.25, -0.2) is 4.79 Å². The van der Waals surface area contributed by atoms with Crippen molar-refractivity contribution in [1.29, 1.82) is 0 Å². The Balaban J connectivity index is 1.47. The first-order valence-electron chi connectivity index (χ1n) is 8.76. The van der Waals surface area contributed by atoms with Crippen molar-refractivity contribution in [2.75, 3.05) is 17.7 Å². The number of halogens is 1. The van der Waals surface area contributed by atoms with Gasteiger partial charge < -0.3 is 9.47 Å². The number of ether oxygens (including phenoxy) is 2. The second-order valence-corrected chi connectivity index (χ2v) is 8.80. The van der Waals surface area contributed by atoms with Gasteiger partial charge in [-0.3, -0.25) is 9.53 Å². The Kier molecular flexibility index (Phi) is 6.07. The van der Waals surface area contributed by atoms with E-state index in [1.807, 2.05) is 32.0 Å². The molecule has 1 aliphatic rings. The predicted octanol–water partition coefficient (Wildman–Crippen LogP) is 5.10. The van der Waals surface area contributed by atoms with Crippen LogP contribution in [-0.2, 0) is 21.1 Å². The minimum atomic E-state index is -1.03. The van der Waals surface area contributed by atoms with Crippen LogP contribution in [0.15, 0.2) is 47.4 Å². The maximum absolute atomic E-state index is 12.2. The summed E-state index contributed by atoms with van der Waals surface area (Å²) in [5.74, 6) is 1.27. The van der Waals surface area contributed by atoms with E-state index in [1.54, 1.807) is 24.3 Å². The summed E-state index contributed by atoms with van der Waals surface area (Å²) in [5, 5.41) is 3.34. The number of amides is 1. The molecule has 0 saturated heterocycles. The zero-order valence-corrected chi connectivity index (χ0v) is 16.9. The quantitative estimate of drug-likeness (QED) is 0.648. The summed E-state index contributed by atoms with van der Waals surface area (Å²) in [6.45, 7) is 4.22. The van der Waals surface area contributed by atoms with E-state index < -0.39 is 22.5 Å². The molecule has 0 radical (unpaired) electrons. The minimum Gasteiger partial charge on any atom is -0.494 e. The van der Waals surface area contributed by atoms with Crippen molar-refractivity contribution < 1.29 is 18.5 Å². The van der Waals surface area contributed by atoms with E-state index in [-0.39, 0.29) is 0 Å². The zero-order chi connectivity index (χ0) is 19.4. The van der Waals surface area contributed by atoms with Gasteiger partial charge in [-0.1, -0.05) is 11.6 Å². The van der Waals surface area contributed by atoms with Gasteiger partial charge in [0, 0.05) is 27.3 Å². The van der Waals surface area contributed by atoms with Crippen LogP contribution in [0.5, 0.6) is 5.75 Å². The van der Waals surface area contributed by atoms with Crippen molar-refractivity contribution in [3.05, 3.63) is 53.1 Å². The van der Waals surface area contributed by atoms with E-state index >= 15 is 0 Å². The number of cyclic esters (lactones) is 1. The number of rotatable bonds is 7. The molecule has 144 valence electrons. The molecule has 0 bridgehead atoms. The molecule has 1 aliphatic heterocycles. The summed E-state index contributed by atoms with van der Waals surface area (Å²) in [5.41, 5.74) is 0.951. The van der Waals surface area contributed by atoms with Crippen LogP contribution in [0.1, 0.15) is 32.3 Å². The fraction of sp³-hybridized carbons (Fsp3) is 0.350. The number of carbonyl (C=O) groups excluding carboxylic acids is 1. The molecule has 1 heterocycles. The van der Waals surface area contributed by atoms with Gasteiger partial charge in [0.15, 0.2) is 0 Å². The molecule has 1 amide bonds. The Hall–Kier alpha value is -2.05. The molecule has 7 heteroatoms. The number of hydrogen-bond donors (Lipinski definition) is 1. The molecule has 1 N–H and O–H groups in total.